The zero-order valence-electron chi connectivity index (χ0n) is 27.5. The molecule has 3 amide bonds. The van der Waals surface area contributed by atoms with Crippen LogP contribution in [0.1, 0.15) is 42.5 Å². The average molecular weight is 694 g/mol. The fourth-order valence-corrected chi connectivity index (χ4v) is 10.5. The summed E-state index contributed by atoms with van der Waals surface area (Å²) in [6, 6.07) is 19.5. The van der Waals surface area contributed by atoms with Crippen LogP contribution in [0.15, 0.2) is 66.7 Å². The summed E-state index contributed by atoms with van der Waals surface area (Å²) in [4.78, 5) is 43.9. The predicted molar refractivity (Wildman–Crippen MR) is 184 cm³/mol. The second-order valence-electron chi connectivity index (χ2n) is 13.7. The van der Waals surface area contributed by atoms with Gasteiger partial charge in [-0.25, -0.2) is 0 Å². The first-order valence-electron chi connectivity index (χ1n) is 16.3. The van der Waals surface area contributed by atoms with Crippen molar-refractivity contribution in [2.45, 2.75) is 82.3 Å². The van der Waals surface area contributed by atoms with Crippen LogP contribution < -0.4 is 10.2 Å². The number of carbonyl (C=O) groups is 3. The van der Waals surface area contributed by atoms with Gasteiger partial charge in [0.25, 0.3) is 11.8 Å². The minimum Gasteiger partial charge on any atom is -0.394 e. The Hall–Kier alpha value is -3.61. The minimum atomic E-state index is -3.53. The molecule has 48 heavy (non-hydrogen) atoms. The summed E-state index contributed by atoms with van der Waals surface area (Å²) in [6.45, 7) is 6.71. The van der Waals surface area contributed by atoms with E-state index in [-0.39, 0.29) is 31.4 Å². The summed E-state index contributed by atoms with van der Waals surface area (Å²) in [5, 5.41) is 22.8. The molecule has 3 aliphatic rings. The van der Waals surface area contributed by atoms with Gasteiger partial charge in [-0.15, -0.1) is 0 Å². The quantitative estimate of drug-likeness (QED) is 0.217. The molecule has 3 aromatic rings. The molecule has 3 heterocycles. The number of nitrogens with one attached hydrogen (secondary N) is 1. The summed E-state index contributed by atoms with van der Waals surface area (Å²) < 4.78 is 23.1. The van der Waals surface area contributed by atoms with E-state index in [9.17, 15) is 24.6 Å². The van der Waals surface area contributed by atoms with Crippen molar-refractivity contribution in [1.29, 1.82) is 0 Å². The Balaban J connectivity index is 1.31. The molecule has 0 saturated carbocycles. The number of aliphatic hydroxyl groups is 2. The summed E-state index contributed by atoms with van der Waals surface area (Å²) >= 11 is 6.50. The molecule has 9 nitrogen and oxygen atoms in total. The molecule has 0 bridgehead atoms. The van der Waals surface area contributed by atoms with Crippen LogP contribution in [0.25, 0.3) is 0 Å². The summed E-state index contributed by atoms with van der Waals surface area (Å²) in [5.74, 6) is -1.74. The van der Waals surface area contributed by atoms with E-state index in [0.717, 1.165) is 16.7 Å². The van der Waals surface area contributed by atoms with Gasteiger partial charge < -0.3 is 34.2 Å². The predicted octanol–water partition coefficient (Wildman–Crippen LogP) is 5.32. The molecule has 12 heteroatoms. The first-order chi connectivity index (χ1) is 22.7. The molecule has 3 N–H and O–H groups in total. The van der Waals surface area contributed by atoms with Gasteiger partial charge in [0, 0.05) is 34.3 Å². The van der Waals surface area contributed by atoms with Crippen LogP contribution in [0.4, 0.5) is 15.5 Å². The number of benzene rings is 3. The van der Waals surface area contributed by atoms with E-state index in [1.807, 2.05) is 31.2 Å². The molecule has 0 aliphatic carbocycles. The molecular formula is C36H41ClFN3O6Si. The van der Waals surface area contributed by atoms with Crippen molar-refractivity contribution in [3.8, 4) is 0 Å². The lowest BCUT2D eigenvalue weighted by molar-refractivity contribution is -0.151. The number of fused-ring (bicyclic) bond motifs is 3. The largest absolute Gasteiger partial charge is 0.394 e. The Morgan fingerprint density at radius 2 is 1.81 bits per heavy atom. The molecule has 0 radical (unpaired) electrons. The van der Waals surface area contributed by atoms with Crippen LogP contribution in [0.3, 0.4) is 0 Å². The van der Waals surface area contributed by atoms with Crippen LogP contribution in [-0.4, -0.2) is 66.1 Å². The number of hydrogen-bond acceptors (Lipinski definition) is 6. The highest BCUT2D eigenvalue weighted by Crippen LogP contribution is 2.60. The first kappa shape index (κ1) is 34.3. The van der Waals surface area contributed by atoms with Crippen molar-refractivity contribution < 1.29 is 33.4 Å². The highest BCUT2D eigenvalue weighted by Gasteiger charge is 2.67. The molecular weight excluding hydrogens is 653 g/mol. The highest BCUT2D eigenvalue weighted by atomic mass is 35.5. The van der Waals surface area contributed by atoms with E-state index in [4.69, 9.17) is 16.3 Å². The van der Waals surface area contributed by atoms with E-state index in [0.29, 0.717) is 34.9 Å². The number of rotatable bonds is 8. The Labute approximate surface area is 285 Å². The molecule has 0 unspecified atom stereocenters. The maximum atomic E-state index is 16.4. The molecule has 3 aromatic carbocycles. The van der Waals surface area contributed by atoms with Gasteiger partial charge in [-0.1, -0.05) is 54.9 Å². The molecule has 0 aromatic heterocycles. The van der Waals surface area contributed by atoms with Crippen LogP contribution in [0.2, 0.25) is 23.7 Å². The Kier molecular flexibility index (Phi) is 9.29. The van der Waals surface area contributed by atoms with Crippen molar-refractivity contribution in [3.05, 3.63) is 94.0 Å². The van der Waals surface area contributed by atoms with E-state index >= 15 is 4.11 Å². The van der Waals surface area contributed by atoms with Gasteiger partial charge in [0.15, 0.2) is 5.60 Å². The first-order valence-corrected chi connectivity index (χ1v) is 19.6. The summed E-state index contributed by atoms with van der Waals surface area (Å²) in [5.41, 5.74) is 2.27. The second-order valence-corrected chi connectivity index (χ2v) is 18.0. The van der Waals surface area contributed by atoms with Crippen molar-refractivity contribution in [1.82, 2.24) is 4.90 Å². The van der Waals surface area contributed by atoms with E-state index < -0.39 is 49.6 Å². The fourth-order valence-electron chi connectivity index (χ4n) is 7.83. The third kappa shape index (κ3) is 6.07. The molecule has 6 atom stereocenters. The standard InChI is InChI=1S/C36H41ClFN3O6Si/c1-21-33(48(3,4)38)31(17-32(44)40-19-25-8-6-5-7-24(25)15-28(40)20-42)47-36(21)29-16-26(37)11-14-30(29)41(35(36)46)18-23-9-12-27(13-10-23)39-34(45)22(2)43/h5-14,16,21-22,28,31,33,42-43H,15,17-20H2,1-4H3,(H,39,45)/t21-,22-,28-,31+,33-,36+/m0/s1. The lowest BCUT2D eigenvalue weighted by Gasteiger charge is -2.37. The normalized spacial score (nSPS) is 25.6. The second kappa shape index (κ2) is 13.0. The third-order valence-electron chi connectivity index (χ3n) is 10.1. The number of carbonyl (C=O) groups excluding carboxylic acids is 3. The lowest BCUT2D eigenvalue weighted by Crippen LogP contribution is -2.48. The smallest absolute Gasteiger partial charge is 0.264 e. The van der Waals surface area contributed by atoms with Gasteiger partial charge >= 0.3 is 0 Å². The minimum absolute atomic E-state index is 0.126. The van der Waals surface area contributed by atoms with Crippen LogP contribution in [0.5, 0.6) is 0 Å². The lowest BCUT2D eigenvalue weighted by atomic mass is 9.82. The molecule has 3 aliphatic heterocycles. The van der Waals surface area contributed by atoms with Gasteiger partial charge in [-0.2, -0.15) is 0 Å². The summed E-state index contributed by atoms with van der Waals surface area (Å²) in [6.07, 6.45) is -1.64. The van der Waals surface area contributed by atoms with Crippen molar-refractivity contribution >= 4 is 49.1 Å². The molecule has 1 saturated heterocycles. The number of aliphatic hydroxyl groups excluding tert-OH is 2. The van der Waals surface area contributed by atoms with Crippen molar-refractivity contribution in [3.63, 3.8) is 0 Å². The molecule has 1 fully saturated rings. The molecule has 6 rings (SSSR count). The number of ether oxygens (including phenoxy) is 1. The van der Waals surface area contributed by atoms with E-state index in [1.165, 1.54) is 6.92 Å². The zero-order valence-corrected chi connectivity index (χ0v) is 29.2. The van der Waals surface area contributed by atoms with Gasteiger partial charge in [0.1, 0.15) is 6.10 Å². The third-order valence-corrected chi connectivity index (χ3v) is 12.8. The fraction of sp³-hybridized carbons (Fsp3) is 0.417. The van der Waals surface area contributed by atoms with Gasteiger partial charge in [-0.3, -0.25) is 14.4 Å². The zero-order chi connectivity index (χ0) is 34.5. The molecule has 1 spiro atoms. The maximum absolute atomic E-state index is 16.4. The average Bonchev–Trinajstić information content (AvgIpc) is 3.46. The Bertz CT molecular complexity index is 1730. The maximum Gasteiger partial charge on any atom is 0.264 e. The number of amides is 3. The van der Waals surface area contributed by atoms with Crippen LogP contribution in [-0.2, 0) is 44.2 Å². The molecule has 254 valence electrons. The Morgan fingerprint density at radius 1 is 1.12 bits per heavy atom. The van der Waals surface area contributed by atoms with Crippen molar-refractivity contribution in [2.75, 3.05) is 16.8 Å². The van der Waals surface area contributed by atoms with Gasteiger partial charge in [-0.05, 0) is 73.5 Å². The summed E-state index contributed by atoms with van der Waals surface area (Å²) in [7, 11) is -3.53. The highest BCUT2D eigenvalue weighted by molar-refractivity contribution is 6.72. The van der Waals surface area contributed by atoms with Crippen LogP contribution in [0, 0.1) is 5.92 Å². The van der Waals surface area contributed by atoms with Gasteiger partial charge in [0.2, 0.25) is 14.3 Å². The van der Waals surface area contributed by atoms with E-state index in [2.05, 4.69) is 5.32 Å². The SMILES string of the molecule is C[C@H](O)C(=O)Nc1ccc(CN2C(=O)[C@]3(O[C@H](CC(=O)N4Cc5ccccc5C[C@H]4CO)[C@@H]([Si](C)(C)F)[C@@H]3C)c3cc(Cl)ccc32)cc1. The number of halogens is 2. The number of anilines is 2. The number of hydrogen-bond donors (Lipinski definition) is 3. The van der Waals surface area contributed by atoms with Crippen LogP contribution >= 0.6 is 11.6 Å². The topological polar surface area (TPSA) is 119 Å². The van der Waals surface area contributed by atoms with Crippen molar-refractivity contribution in [2.24, 2.45) is 5.92 Å². The monoisotopic (exact) mass is 693 g/mol. The van der Waals surface area contributed by atoms with Gasteiger partial charge in [0.05, 0.1) is 37.4 Å². The van der Waals surface area contributed by atoms with E-state index in [1.54, 1.807) is 65.4 Å². The number of nitrogens with zero attached hydrogens (tertiary/aromatic N) is 2. The Morgan fingerprint density at radius 3 is 2.46 bits per heavy atom.